The number of ether oxygens (including phenoxy) is 3. The number of nitrogens with one attached hydrogen (secondary N) is 1. The van der Waals surface area contributed by atoms with Crippen LogP contribution < -0.4 is 5.32 Å². The summed E-state index contributed by atoms with van der Waals surface area (Å²) in [5, 5.41) is 28.9. The molecule has 4 aliphatic carbocycles. The third-order valence-corrected chi connectivity index (χ3v) is 14.5. The van der Waals surface area contributed by atoms with Crippen molar-refractivity contribution in [2.75, 3.05) is 6.61 Å². The second kappa shape index (κ2) is 16.3. The Kier molecular flexibility index (Phi) is 11.5. The first kappa shape index (κ1) is 44.3. The molecule has 0 heterocycles. The molecule has 3 N–H and O–H groups in total. The topological polar surface area (TPSA) is 131 Å². The van der Waals surface area contributed by atoms with E-state index in [-0.39, 0.29) is 25.9 Å². The fourth-order valence-electron chi connectivity index (χ4n) is 11.5. The fourth-order valence-corrected chi connectivity index (χ4v) is 11.5. The Morgan fingerprint density at radius 3 is 1.86 bits per heavy atom. The number of esters is 1. The molecule has 0 bridgehead atoms. The summed E-state index contributed by atoms with van der Waals surface area (Å²) < 4.78 is 19.6. The van der Waals surface area contributed by atoms with E-state index in [9.17, 15) is 24.6 Å². The number of benzene rings is 4. The number of carbonyl (C=O) groups is 3. The maximum atomic E-state index is 14.6. The van der Waals surface area contributed by atoms with Gasteiger partial charge in [-0.25, -0.2) is 9.59 Å². The Morgan fingerprint density at radius 1 is 0.810 bits per heavy atom. The fraction of sp³-hybridized carbons (Fsp3) is 0.426. The minimum Gasteiger partial charge on any atom is -0.457 e. The van der Waals surface area contributed by atoms with Crippen molar-refractivity contribution in [1.82, 2.24) is 5.32 Å². The SMILES string of the molecule is CC1=C[C@H]2[C@@]3(O)[C@H](C)C[C@]4(OC(=O)[C@H](CCc5ccccc5)NC(=O)OC(C)(C)C)[C@H]([C@@H]3C=C(COC(c3ccccc3)(c3ccccc3)c3ccccc3)C[C@]2(O)C1=O)C4(C)C. The van der Waals surface area contributed by atoms with E-state index in [2.05, 4.69) is 19.2 Å². The summed E-state index contributed by atoms with van der Waals surface area (Å²) in [6, 6.07) is 38.8. The molecule has 9 heteroatoms. The van der Waals surface area contributed by atoms with Crippen molar-refractivity contribution in [1.29, 1.82) is 0 Å². The second-order valence-electron chi connectivity index (χ2n) is 19.9. The molecule has 1 amide bonds. The number of amides is 1. The van der Waals surface area contributed by atoms with E-state index in [1.54, 1.807) is 33.8 Å². The zero-order valence-corrected chi connectivity index (χ0v) is 37.5. The first-order chi connectivity index (χ1) is 29.9. The summed E-state index contributed by atoms with van der Waals surface area (Å²) in [7, 11) is 0. The van der Waals surface area contributed by atoms with Crippen molar-refractivity contribution >= 4 is 17.8 Å². The summed E-state index contributed by atoms with van der Waals surface area (Å²) in [4.78, 5) is 42.0. The molecule has 0 aromatic heterocycles. The van der Waals surface area contributed by atoms with Crippen LogP contribution in [0.1, 0.15) is 90.0 Å². The van der Waals surface area contributed by atoms with Crippen LogP contribution in [-0.4, -0.2) is 63.1 Å². The lowest BCUT2D eigenvalue weighted by molar-refractivity contribution is -0.188. The van der Waals surface area contributed by atoms with Gasteiger partial charge < -0.3 is 29.7 Å². The van der Waals surface area contributed by atoms with Gasteiger partial charge in [-0.1, -0.05) is 154 Å². The largest absolute Gasteiger partial charge is 0.457 e. The Labute approximate surface area is 371 Å². The van der Waals surface area contributed by atoms with Crippen LogP contribution >= 0.6 is 0 Å². The van der Waals surface area contributed by atoms with Gasteiger partial charge in [-0.3, -0.25) is 4.79 Å². The number of fused-ring (bicyclic) bond motifs is 5. The molecule has 4 aromatic rings. The third kappa shape index (κ3) is 7.66. The summed E-state index contributed by atoms with van der Waals surface area (Å²) in [6.45, 7) is 13.1. The highest BCUT2D eigenvalue weighted by atomic mass is 16.6. The Morgan fingerprint density at radius 2 is 1.33 bits per heavy atom. The average Bonchev–Trinajstić information content (AvgIpc) is 3.66. The van der Waals surface area contributed by atoms with Gasteiger partial charge in [0.15, 0.2) is 5.78 Å². The van der Waals surface area contributed by atoms with Crippen molar-refractivity contribution in [3.8, 4) is 0 Å². The van der Waals surface area contributed by atoms with Crippen LogP contribution in [0.3, 0.4) is 0 Å². The van der Waals surface area contributed by atoms with Crippen LogP contribution in [0, 0.1) is 29.1 Å². The molecule has 4 aromatic carbocycles. The van der Waals surface area contributed by atoms with Gasteiger partial charge in [-0.15, -0.1) is 0 Å². The van der Waals surface area contributed by atoms with E-state index in [1.807, 2.05) is 134 Å². The maximum Gasteiger partial charge on any atom is 0.408 e. The van der Waals surface area contributed by atoms with Crippen LogP contribution in [0.5, 0.6) is 0 Å². The monoisotopic (exact) mass is 851 g/mol. The van der Waals surface area contributed by atoms with Gasteiger partial charge in [0.1, 0.15) is 28.4 Å². The highest BCUT2D eigenvalue weighted by Gasteiger charge is 2.83. The van der Waals surface area contributed by atoms with Crippen LogP contribution in [0.25, 0.3) is 0 Å². The molecule has 330 valence electrons. The minimum absolute atomic E-state index is 0.0162. The van der Waals surface area contributed by atoms with Gasteiger partial charge in [-0.05, 0) is 86.3 Å². The molecular weight excluding hydrogens is 791 g/mol. The lowest BCUT2D eigenvalue weighted by Gasteiger charge is -2.50. The van der Waals surface area contributed by atoms with Crippen LogP contribution in [0.2, 0.25) is 0 Å². The number of aryl methyl sites for hydroxylation is 1. The van der Waals surface area contributed by atoms with Crippen molar-refractivity contribution < 1.29 is 38.8 Å². The molecule has 0 spiro atoms. The van der Waals surface area contributed by atoms with Gasteiger partial charge in [0.05, 0.1) is 12.2 Å². The molecule has 2 fully saturated rings. The molecule has 0 aliphatic heterocycles. The predicted octanol–water partition coefficient (Wildman–Crippen LogP) is 9.05. The average molecular weight is 852 g/mol. The van der Waals surface area contributed by atoms with Crippen molar-refractivity contribution in [3.63, 3.8) is 0 Å². The summed E-state index contributed by atoms with van der Waals surface area (Å²) in [6.07, 6.45) is 4.08. The lowest BCUT2D eigenvalue weighted by Crippen LogP contribution is -2.61. The predicted molar refractivity (Wildman–Crippen MR) is 241 cm³/mol. The van der Waals surface area contributed by atoms with E-state index in [0.717, 1.165) is 22.3 Å². The van der Waals surface area contributed by atoms with E-state index in [4.69, 9.17) is 14.2 Å². The molecule has 9 nitrogen and oxygen atoms in total. The Balaban J connectivity index is 1.18. The van der Waals surface area contributed by atoms with Crippen molar-refractivity contribution in [2.45, 2.75) is 108 Å². The number of rotatable bonds is 12. The summed E-state index contributed by atoms with van der Waals surface area (Å²) >= 11 is 0. The van der Waals surface area contributed by atoms with Gasteiger partial charge in [0, 0.05) is 29.6 Å². The summed E-state index contributed by atoms with van der Waals surface area (Å²) in [5.41, 5.74) is -2.27. The van der Waals surface area contributed by atoms with Crippen LogP contribution in [0.15, 0.2) is 145 Å². The number of Topliss-reactive ketones (excluding diaryl/α,β-unsaturated/α-hetero) is 1. The number of hydrogen-bond donors (Lipinski definition) is 3. The van der Waals surface area contributed by atoms with Crippen LogP contribution in [-0.2, 0) is 35.8 Å². The number of carbonyl (C=O) groups excluding carboxylic acids is 3. The van der Waals surface area contributed by atoms with Crippen molar-refractivity contribution in [2.24, 2.45) is 29.1 Å². The molecule has 0 radical (unpaired) electrons. The summed E-state index contributed by atoms with van der Waals surface area (Å²) in [5.74, 6) is -3.50. The molecule has 2 saturated carbocycles. The van der Waals surface area contributed by atoms with Crippen LogP contribution in [0.4, 0.5) is 4.79 Å². The zero-order chi connectivity index (χ0) is 45.0. The number of alkyl carbamates (subject to hydrolysis) is 1. The first-order valence-electron chi connectivity index (χ1n) is 22.3. The highest BCUT2D eigenvalue weighted by Crippen LogP contribution is 2.76. The molecule has 8 atom stereocenters. The smallest absolute Gasteiger partial charge is 0.408 e. The Bertz CT molecular complexity index is 2290. The maximum absolute atomic E-state index is 14.6. The van der Waals surface area contributed by atoms with Gasteiger partial charge in [0.2, 0.25) is 0 Å². The number of aliphatic hydroxyl groups is 2. The standard InChI is InChI=1S/C54H61NO8/c1-35-30-44-51(59,46(35)56)33-38(34-61-54(39-22-14-9-15-23-39,40-24-16-10-17-25-40)41-26-18-11-19-27-41)31-42-45-50(6,7)52(45,32-36(2)53(42,44)60)62-47(57)43(55-48(58)63-49(3,4)5)29-28-37-20-12-8-13-21-37/h8-27,30-31,36,42-45,59-60H,28-29,32-34H2,1-7H3,(H,55,58)/t36-,42+,43+,44-,45-,51-,52+,53-/m1/s1. The lowest BCUT2D eigenvalue weighted by atomic mass is 9.60. The molecule has 63 heavy (non-hydrogen) atoms. The van der Waals surface area contributed by atoms with E-state index >= 15 is 0 Å². The van der Waals surface area contributed by atoms with Gasteiger partial charge >= 0.3 is 12.1 Å². The minimum atomic E-state index is -1.93. The van der Waals surface area contributed by atoms with E-state index in [0.29, 0.717) is 17.6 Å². The number of ketones is 1. The van der Waals surface area contributed by atoms with Crippen molar-refractivity contribution in [3.05, 3.63) is 167 Å². The first-order valence-corrected chi connectivity index (χ1v) is 22.3. The normalized spacial score (nSPS) is 28.8. The number of hydrogen-bond acceptors (Lipinski definition) is 8. The molecule has 0 saturated heterocycles. The highest BCUT2D eigenvalue weighted by molar-refractivity contribution is 6.04. The molecule has 4 aliphatic rings. The molecule has 0 unspecified atom stereocenters. The molecular formula is C54H61NO8. The van der Waals surface area contributed by atoms with E-state index < -0.39 is 81.0 Å². The third-order valence-electron chi connectivity index (χ3n) is 14.5. The zero-order valence-electron chi connectivity index (χ0n) is 37.5. The van der Waals surface area contributed by atoms with Gasteiger partial charge in [0.25, 0.3) is 0 Å². The molecule has 8 rings (SSSR count). The van der Waals surface area contributed by atoms with Gasteiger partial charge in [-0.2, -0.15) is 0 Å². The second-order valence-corrected chi connectivity index (χ2v) is 19.9. The quantitative estimate of drug-likeness (QED) is 0.0732. The Hall–Kier alpha value is -5.35. The van der Waals surface area contributed by atoms with E-state index in [1.165, 1.54) is 0 Å².